The molecule has 0 aliphatic rings. The van der Waals surface area contributed by atoms with Gasteiger partial charge in [-0.3, -0.25) is 9.59 Å². The van der Waals surface area contributed by atoms with Crippen molar-refractivity contribution in [3.05, 3.63) is 70.3 Å². The fourth-order valence-corrected chi connectivity index (χ4v) is 2.91. The number of carbonyl (C=O) groups is 1. The van der Waals surface area contributed by atoms with Crippen molar-refractivity contribution in [2.75, 3.05) is 6.54 Å². The number of benzene rings is 1. The molecule has 1 N–H and O–H groups in total. The minimum absolute atomic E-state index is 0.124. The number of fused-ring (bicyclic) bond motifs is 1. The van der Waals surface area contributed by atoms with Crippen molar-refractivity contribution in [2.45, 2.75) is 19.9 Å². The Morgan fingerprint density at radius 1 is 1.17 bits per heavy atom. The first-order chi connectivity index (χ1) is 11.6. The number of hydrogen-bond donors (Lipinski definition) is 1. The molecule has 2 heterocycles. The quantitative estimate of drug-likeness (QED) is 0.733. The second-order valence-electron chi connectivity index (χ2n) is 5.97. The molecule has 3 aromatic rings. The highest BCUT2D eigenvalue weighted by molar-refractivity contribution is 5.93. The number of rotatable bonds is 5. The second kappa shape index (κ2) is 6.74. The highest BCUT2D eigenvalue weighted by Crippen LogP contribution is 2.19. The topological polar surface area (TPSA) is 56.0 Å². The standard InChI is InChI=1S/C19H21N3O2/c1-14-12-15-6-3-4-7-17(15)22(14)11-5-10-20-19(24)16-8-9-18(23)21(2)13-16/h3-4,6-9,12-13H,5,10-11H2,1-2H3,(H,20,24). The van der Waals surface area contributed by atoms with E-state index in [0.717, 1.165) is 13.0 Å². The molecule has 0 bridgehead atoms. The number of para-hydroxylation sites is 1. The van der Waals surface area contributed by atoms with Gasteiger partial charge in [-0.2, -0.15) is 0 Å². The molecule has 124 valence electrons. The molecule has 1 aromatic carbocycles. The van der Waals surface area contributed by atoms with Crippen LogP contribution in [0.2, 0.25) is 0 Å². The average molecular weight is 323 g/mol. The number of pyridine rings is 1. The lowest BCUT2D eigenvalue weighted by atomic mass is 10.2. The normalized spacial score (nSPS) is 10.9. The van der Waals surface area contributed by atoms with Crippen molar-refractivity contribution in [3.63, 3.8) is 0 Å². The van der Waals surface area contributed by atoms with Crippen LogP contribution in [-0.2, 0) is 13.6 Å². The molecule has 0 aliphatic heterocycles. The molecule has 0 unspecified atom stereocenters. The zero-order valence-corrected chi connectivity index (χ0v) is 14.0. The number of hydrogen-bond acceptors (Lipinski definition) is 2. The van der Waals surface area contributed by atoms with Gasteiger partial charge in [0, 0.05) is 43.6 Å². The SMILES string of the molecule is Cc1cc2ccccc2n1CCCNC(=O)c1ccc(=O)n(C)c1. The van der Waals surface area contributed by atoms with Gasteiger partial charge >= 0.3 is 0 Å². The largest absolute Gasteiger partial charge is 0.352 e. The Kier molecular flexibility index (Phi) is 4.51. The van der Waals surface area contributed by atoms with Crippen molar-refractivity contribution in [3.8, 4) is 0 Å². The molecule has 0 fully saturated rings. The predicted molar refractivity (Wildman–Crippen MR) is 95.3 cm³/mol. The van der Waals surface area contributed by atoms with Crippen LogP contribution >= 0.6 is 0 Å². The molecule has 5 heteroatoms. The summed E-state index contributed by atoms with van der Waals surface area (Å²) < 4.78 is 3.68. The lowest BCUT2D eigenvalue weighted by Gasteiger charge is -2.10. The van der Waals surface area contributed by atoms with Crippen molar-refractivity contribution < 1.29 is 4.79 Å². The number of nitrogens with zero attached hydrogens (tertiary/aromatic N) is 2. The summed E-state index contributed by atoms with van der Waals surface area (Å²) in [5.74, 6) is -0.153. The van der Waals surface area contributed by atoms with Crippen molar-refractivity contribution in [2.24, 2.45) is 7.05 Å². The van der Waals surface area contributed by atoms with E-state index in [2.05, 4.69) is 35.0 Å². The fourth-order valence-electron chi connectivity index (χ4n) is 2.91. The third kappa shape index (κ3) is 3.25. The van der Waals surface area contributed by atoms with E-state index in [1.807, 2.05) is 12.1 Å². The summed E-state index contributed by atoms with van der Waals surface area (Å²) in [4.78, 5) is 23.5. The highest BCUT2D eigenvalue weighted by Gasteiger charge is 2.07. The maximum Gasteiger partial charge on any atom is 0.252 e. The summed E-state index contributed by atoms with van der Waals surface area (Å²) in [5, 5.41) is 4.15. The van der Waals surface area contributed by atoms with Crippen molar-refractivity contribution in [1.82, 2.24) is 14.5 Å². The van der Waals surface area contributed by atoms with Crippen LogP contribution in [0.4, 0.5) is 0 Å². The maximum absolute atomic E-state index is 12.1. The van der Waals surface area contributed by atoms with Crippen LogP contribution < -0.4 is 10.9 Å². The minimum Gasteiger partial charge on any atom is -0.352 e. The molecular formula is C19H21N3O2. The zero-order valence-electron chi connectivity index (χ0n) is 14.0. The Labute approximate surface area is 140 Å². The third-order valence-electron chi connectivity index (χ3n) is 4.21. The number of carbonyl (C=O) groups excluding carboxylic acids is 1. The Balaban J connectivity index is 1.58. The molecule has 24 heavy (non-hydrogen) atoms. The summed E-state index contributed by atoms with van der Waals surface area (Å²) in [5.41, 5.74) is 2.82. The second-order valence-corrected chi connectivity index (χ2v) is 5.97. The van der Waals surface area contributed by atoms with Crippen molar-refractivity contribution >= 4 is 16.8 Å². The van der Waals surface area contributed by atoms with E-state index in [1.54, 1.807) is 19.3 Å². The molecule has 0 aliphatic carbocycles. The third-order valence-corrected chi connectivity index (χ3v) is 4.21. The van der Waals surface area contributed by atoms with Crippen LogP contribution in [0.1, 0.15) is 22.5 Å². The van der Waals surface area contributed by atoms with Crippen LogP contribution in [0.3, 0.4) is 0 Å². The van der Waals surface area contributed by atoms with E-state index in [4.69, 9.17) is 0 Å². The zero-order chi connectivity index (χ0) is 17.1. The van der Waals surface area contributed by atoms with Gasteiger partial charge in [0.2, 0.25) is 5.56 Å². The number of aromatic nitrogens is 2. The summed E-state index contributed by atoms with van der Waals surface area (Å²) in [6, 6.07) is 13.5. The van der Waals surface area contributed by atoms with E-state index in [9.17, 15) is 9.59 Å². The molecule has 3 rings (SSSR count). The molecule has 0 saturated carbocycles. The monoisotopic (exact) mass is 323 g/mol. The van der Waals surface area contributed by atoms with Crippen LogP contribution in [0.5, 0.6) is 0 Å². The summed E-state index contributed by atoms with van der Waals surface area (Å²) in [6.07, 6.45) is 2.40. The highest BCUT2D eigenvalue weighted by atomic mass is 16.2. The fraction of sp³-hybridized carbons (Fsp3) is 0.263. The smallest absolute Gasteiger partial charge is 0.252 e. The van der Waals surface area contributed by atoms with E-state index >= 15 is 0 Å². The number of aryl methyl sites for hydroxylation is 3. The molecule has 2 aromatic heterocycles. The molecule has 0 saturated heterocycles. The molecular weight excluding hydrogens is 302 g/mol. The molecule has 0 atom stereocenters. The Bertz CT molecular complexity index is 937. The molecule has 5 nitrogen and oxygen atoms in total. The summed E-state index contributed by atoms with van der Waals surface area (Å²) in [7, 11) is 1.64. The summed E-state index contributed by atoms with van der Waals surface area (Å²) in [6.45, 7) is 3.55. The van der Waals surface area contributed by atoms with E-state index in [-0.39, 0.29) is 11.5 Å². The van der Waals surface area contributed by atoms with Gasteiger partial charge in [-0.05, 0) is 36.9 Å². The Morgan fingerprint density at radius 3 is 2.75 bits per heavy atom. The number of nitrogens with one attached hydrogen (secondary N) is 1. The Hall–Kier alpha value is -2.82. The lowest BCUT2D eigenvalue weighted by Crippen LogP contribution is -2.27. The molecule has 0 spiro atoms. The van der Waals surface area contributed by atoms with E-state index < -0.39 is 0 Å². The van der Waals surface area contributed by atoms with Gasteiger partial charge in [0.15, 0.2) is 0 Å². The van der Waals surface area contributed by atoms with Crippen LogP contribution in [0.15, 0.2) is 53.5 Å². The first-order valence-corrected chi connectivity index (χ1v) is 8.06. The van der Waals surface area contributed by atoms with Crippen LogP contribution in [0.25, 0.3) is 10.9 Å². The summed E-state index contributed by atoms with van der Waals surface area (Å²) >= 11 is 0. The van der Waals surface area contributed by atoms with E-state index in [0.29, 0.717) is 12.1 Å². The first-order valence-electron chi connectivity index (χ1n) is 8.06. The van der Waals surface area contributed by atoms with Crippen LogP contribution in [0, 0.1) is 6.92 Å². The van der Waals surface area contributed by atoms with Gasteiger partial charge < -0.3 is 14.5 Å². The van der Waals surface area contributed by atoms with Gasteiger partial charge in [-0.15, -0.1) is 0 Å². The van der Waals surface area contributed by atoms with Gasteiger partial charge in [0.25, 0.3) is 5.91 Å². The van der Waals surface area contributed by atoms with Gasteiger partial charge in [-0.25, -0.2) is 0 Å². The molecule has 1 amide bonds. The number of amides is 1. The average Bonchev–Trinajstić information content (AvgIpc) is 2.89. The minimum atomic E-state index is -0.153. The van der Waals surface area contributed by atoms with Gasteiger partial charge in [-0.1, -0.05) is 18.2 Å². The first kappa shape index (κ1) is 16.1. The van der Waals surface area contributed by atoms with Gasteiger partial charge in [0.1, 0.15) is 0 Å². The van der Waals surface area contributed by atoms with E-state index in [1.165, 1.54) is 27.2 Å². The van der Waals surface area contributed by atoms with Crippen molar-refractivity contribution in [1.29, 1.82) is 0 Å². The predicted octanol–water partition coefficient (Wildman–Crippen LogP) is 2.47. The lowest BCUT2D eigenvalue weighted by molar-refractivity contribution is 0.0952. The maximum atomic E-state index is 12.1. The Morgan fingerprint density at radius 2 is 1.96 bits per heavy atom. The van der Waals surface area contributed by atoms with Gasteiger partial charge in [0.05, 0.1) is 5.56 Å². The molecule has 0 radical (unpaired) electrons. The van der Waals surface area contributed by atoms with Crippen LogP contribution in [-0.4, -0.2) is 21.6 Å².